The first kappa shape index (κ1) is 6.47. The minimum absolute atomic E-state index is 0.871. The molecule has 0 N–H and O–H groups in total. The molecule has 1 heterocycles. The maximum absolute atomic E-state index is 5.43. The summed E-state index contributed by atoms with van der Waals surface area (Å²) in [4.78, 5) is 0. The minimum atomic E-state index is 0.871. The van der Waals surface area contributed by atoms with Gasteiger partial charge in [0.25, 0.3) is 0 Å². The Labute approximate surface area is 68.9 Å². The highest BCUT2D eigenvalue weighted by atomic mass is 79.9. The maximum atomic E-state index is 5.43. The fourth-order valence-corrected chi connectivity index (χ4v) is 2.00. The molecule has 0 aromatic carbocycles. The van der Waals surface area contributed by atoms with Crippen molar-refractivity contribution in [2.75, 3.05) is 6.61 Å². The number of ether oxygens (including phenoxy) is 1. The molecule has 1 fully saturated rings. The summed E-state index contributed by atoms with van der Waals surface area (Å²) >= 11 is 3.51. The molecule has 0 aromatic heterocycles. The maximum Gasteiger partial charge on any atom is 0.132 e. The first-order valence-electron chi connectivity index (χ1n) is 3.59. The largest absolute Gasteiger partial charge is 0.492 e. The first-order valence-corrected chi connectivity index (χ1v) is 4.38. The van der Waals surface area contributed by atoms with Crippen LogP contribution in [0.1, 0.15) is 19.3 Å². The van der Waals surface area contributed by atoms with Crippen LogP contribution < -0.4 is 0 Å². The Kier molecular flexibility index (Phi) is 1.57. The van der Waals surface area contributed by atoms with Gasteiger partial charge in [-0.1, -0.05) is 22.0 Å². The molecule has 0 aromatic rings. The van der Waals surface area contributed by atoms with E-state index in [1.54, 1.807) is 0 Å². The number of halogens is 1. The number of rotatable bonds is 0. The topological polar surface area (TPSA) is 9.23 Å². The van der Waals surface area contributed by atoms with Crippen LogP contribution in [-0.2, 0) is 4.74 Å². The van der Waals surface area contributed by atoms with E-state index in [2.05, 4.69) is 22.0 Å². The molecule has 0 bridgehead atoms. The third-order valence-electron chi connectivity index (χ3n) is 1.91. The molecule has 0 saturated carbocycles. The molecule has 0 atom stereocenters. The Morgan fingerprint density at radius 3 is 3.10 bits per heavy atom. The summed E-state index contributed by atoms with van der Waals surface area (Å²) in [6.07, 6.45) is 5.67. The highest BCUT2D eigenvalue weighted by Gasteiger charge is 2.20. The van der Waals surface area contributed by atoms with Crippen LogP contribution >= 0.6 is 15.9 Å². The van der Waals surface area contributed by atoms with Crippen LogP contribution in [0.2, 0.25) is 0 Å². The Morgan fingerprint density at radius 2 is 2.30 bits per heavy atom. The molecule has 1 nitrogen and oxygen atoms in total. The van der Waals surface area contributed by atoms with Crippen molar-refractivity contribution in [3.8, 4) is 0 Å². The molecule has 2 heteroatoms. The monoisotopic (exact) mass is 200 g/mol. The first-order chi connectivity index (χ1) is 4.88. The summed E-state index contributed by atoms with van der Waals surface area (Å²) < 4.78 is 6.69. The molecule has 54 valence electrons. The summed E-state index contributed by atoms with van der Waals surface area (Å²) in [6, 6.07) is 0. The molecule has 1 aliphatic carbocycles. The predicted molar refractivity (Wildman–Crippen MR) is 43.8 cm³/mol. The summed E-state index contributed by atoms with van der Waals surface area (Å²) in [6.45, 7) is 0.871. The molecule has 0 unspecified atom stereocenters. The zero-order valence-electron chi connectivity index (χ0n) is 5.69. The van der Waals surface area contributed by atoms with Crippen molar-refractivity contribution in [3.63, 3.8) is 0 Å². The van der Waals surface area contributed by atoms with Gasteiger partial charge in [-0.3, -0.25) is 0 Å². The van der Waals surface area contributed by atoms with E-state index in [4.69, 9.17) is 4.74 Å². The number of fused-ring (bicyclic) bond motifs is 1. The van der Waals surface area contributed by atoms with Crippen LogP contribution in [0.25, 0.3) is 0 Å². The zero-order chi connectivity index (χ0) is 6.97. The van der Waals surface area contributed by atoms with E-state index in [0.29, 0.717) is 0 Å². The number of allylic oxidation sites excluding steroid dienone is 3. The van der Waals surface area contributed by atoms with E-state index in [1.165, 1.54) is 16.5 Å². The Bertz CT molecular complexity index is 210. The fraction of sp³-hybridized carbons (Fsp3) is 0.500. The highest BCUT2D eigenvalue weighted by Crippen LogP contribution is 2.35. The molecule has 1 saturated heterocycles. The van der Waals surface area contributed by atoms with Gasteiger partial charge in [0.2, 0.25) is 0 Å². The Morgan fingerprint density at radius 1 is 1.40 bits per heavy atom. The third kappa shape index (κ3) is 0.908. The molecule has 2 rings (SSSR count). The molecular weight excluding hydrogens is 192 g/mol. The molecule has 0 radical (unpaired) electrons. The van der Waals surface area contributed by atoms with Crippen molar-refractivity contribution in [3.05, 3.63) is 21.9 Å². The van der Waals surface area contributed by atoms with Crippen molar-refractivity contribution in [2.24, 2.45) is 0 Å². The second kappa shape index (κ2) is 2.42. The Balaban J connectivity index is 2.38. The Hall–Kier alpha value is -0.240. The average molecular weight is 201 g/mol. The van der Waals surface area contributed by atoms with E-state index < -0.39 is 0 Å². The normalized spacial score (nSPS) is 23.9. The lowest BCUT2D eigenvalue weighted by atomic mass is 10.1. The van der Waals surface area contributed by atoms with Gasteiger partial charge in [0.15, 0.2) is 0 Å². The van der Waals surface area contributed by atoms with Crippen molar-refractivity contribution >= 4 is 15.9 Å². The summed E-state index contributed by atoms with van der Waals surface area (Å²) in [7, 11) is 0. The SMILES string of the molecule is BrC1=C2OCCC2=CCC1. The predicted octanol–water partition coefficient (Wildman–Crippen LogP) is 2.73. The van der Waals surface area contributed by atoms with Gasteiger partial charge in [0.1, 0.15) is 5.76 Å². The van der Waals surface area contributed by atoms with Crippen LogP contribution in [0.15, 0.2) is 21.9 Å². The van der Waals surface area contributed by atoms with Crippen LogP contribution in [0.4, 0.5) is 0 Å². The van der Waals surface area contributed by atoms with Gasteiger partial charge in [0, 0.05) is 10.9 Å². The fourth-order valence-electron chi connectivity index (χ4n) is 1.40. The van der Waals surface area contributed by atoms with Gasteiger partial charge < -0.3 is 4.74 Å². The molecule has 2 aliphatic rings. The van der Waals surface area contributed by atoms with Gasteiger partial charge in [-0.2, -0.15) is 0 Å². The van der Waals surface area contributed by atoms with Crippen molar-refractivity contribution in [2.45, 2.75) is 19.3 Å². The van der Waals surface area contributed by atoms with Gasteiger partial charge >= 0.3 is 0 Å². The minimum Gasteiger partial charge on any atom is -0.492 e. The van der Waals surface area contributed by atoms with Gasteiger partial charge in [-0.05, 0) is 18.4 Å². The van der Waals surface area contributed by atoms with E-state index >= 15 is 0 Å². The molecule has 0 amide bonds. The zero-order valence-corrected chi connectivity index (χ0v) is 7.28. The second-order valence-electron chi connectivity index (χ2n) is 2.60. The smallest absolute Gasteiger partial charge is 0.132 e. The van der Waals surface area contributed by atoms with Crippen LogP contribution in [0.3, 0.4) is 0 Å². The molecule has 0 spiro atoms. The van der Waals surface area contributed by atoms with Crippen LogP contribution in [0.5, 0.6) is 0 Å². The second-order valence-corrected chi connectivity index (χ2v) is 3.56. The lowest BCUT2D eigenvalue weighted by molar-refractivity contribution is 0.263. The molecule has 1 aliphatic heterocycles. The lowest BCUT2D eigenvalue weighted by Gasteiger charge is -2.09. The number of hydrogen-bond acceptors (Lipinski definition) is 1. The number of hydrogen-bond donors (Lipinski definition) is 0. The van der Waals surface area contributed by atoms with E-state index in [0.717, 1.165) is 25.2 Å². The quantitative estimate of drug-likeness (QED) is 0.585. The molecular formula is C8H9BrO. The van der Waals surface area contributed by atoms with Gasteiger partial charge in [-0.15, -0.1) is 0 Å². The summed E-state index contributed by atoms with van der Waals surface area (Å²) in [5, 5.41) is 0. The third-order valence-corrected chi connectivity index (χ3v) is 2.67. The van der Waals surface area contributed by atoms with Crippen molar-refractivity contribution in [1.29, 1.82) is 0 Å². The van der Waals surface area contributed by atoms with Gasteiger partial charge in [0.05, 0.1) is 6.61 Å². The van der Waals surface area contributed by atoms with Crippen LogP contribution in [0, 0.1) is 0 Å². The standard InChI is InChI=1S/C8H9BrO/c9-7-3-1-2-6-4-5-10-8(6)7/h2H,1,3-5H2. The lowest BCUT2D eigenvalue weighted by Crippen LogP contribution is -1.91. The summed E-state index contributed by atoms with van der Waals surface area (Å²) in [5.74, 6) is 1.12. The van der Waals surface area contributed by atoms with E-state index in [-0.39, 0.29) is 0 Å². The summed E-state index contributed by atoms with van der Waals surface area (Å²) in [5.41, 5.74) is 1.40. The van der Waals surface area contributed by atoms with Crippen LogP contribution in [-0.4, -0.2) is 6.61 Å². The van der Waals surface area contributed by atoms with Crippen molar-refractivity contribution in [1.82, 2.24) is 0 Å². The average Bonchev–Trinajstić information content (AvgIpc) is 2.36. The van der Waals surface area contributed by atoms with Gasteiger partial charge in [-0.25, -0.2) is 0 Å². The van der Waals surface area contributed by atoms with E-state index in [1.807, 2.05) is 0 Å². The molecule has 10 heavy (non-hydrogen) atoms. The van der Waals surface area contributed by atoms with Crippen molar-refractivity contribution < 1.29 is 4.74 Å². The highest BCUT2D eigenvalue weighted by molar-refractivity contribution is 9.11. The van der Waals surface area contributed by atoms with E-state index in [9.17, 15) is 0 Å².